The molecule has 0 aliphatic carbocycles. The van der Waals surface area contributed by atoms with Crippen LogP contribution >= 0.6 is 12.2 Å². The summed E-state index contributed by atoms with van der Waals surface area (Å²) in [6.45, 7) is 4.06. The van der Waals surface area contributed by atoms with E-state index in [0.29, 0.717) is 10.7 Å². The van der Waals surface area contributed by atoms with Gasteiger partial charge in [0.25, 0.3) is 0 Å². The lowest BCUT2D eigenvalue weighted by molar-refractivity contribution is 0.688. The summed E-state index contributed by atoms with van der Waals surface area (Å²) in [6, 6.07) is 25.7. The highest BCUT2D eigenvalue weighted by Gasteiger charge is 2.16. The number of aryl methyl sites for hydroxylation is 2. The first-order valence-electron chi connectivity index (χ1n) is 9.30. The average Bonchev–Trinajstić information content (AvgIpc) is 2.69. The van der Waals surface area contributed by atoms with Gasteiger partial charge in [0.1, 0.15) is 0 Å². The second-order valence-corrected chi connectivity index (χ2v) is 8.73. The van der Waals surface area contributed by atoms with E-state index in [2.05, 4.69) is 6.07 Å². The van der Waals surface area contributed by atoms with Crippen molar-refractivity contribution in [2.24, 2.45) is 5.73 Å². The Morgan fingerprint density at radius 3 is 2.07 bits per heavy atom. The summed E-state index contributed by atoms with van der Waals surface area (Å²) in [7, 11) is -1.28. The number of rotatable bonds is 6. The molecule has 0 aromatic heterocycles. The van der Waals surface area contributed by atoms with E-state index in [1.54, 1.807) is 4.90 Å². The van der Waals surface area contributed by atoms with Crippen LogP contribution in [-0.4, -0.2) is 9.32 Å². The lowest BCUT2D eigenvalue weighted by Crippen LogP contribution is -2.31. The van der Waals surface area contributed by atoms with Crippen molar-refractivity contribution in [1.29, 1.82) is 0 Å². The molecule has 0 aliphatic rings. The number of benzene rings is 3. The molecule has 148 valence electrons. The number of thiocarbonyl (C=S) groups is 1. The number of hydrogen-bond acceptors (Lipinski definition) is 2. The van der Waals surface area contributed by atoms with E-state index in [-0.39, 0.29) is 5.11 Å². The highest BCUT2D eigenvalue weighted by atomic mass is 32.2. The van der Waals surface area contributed by atoms with E-state index >= 15 is 0 Å². The predicted molar refractivity (Wildman–Crippen MR) is 128 cm³/mol. The van der Waals surface area contributed by atoms with Gasteiger partial charge in [0.05, 0.1) is 21.5 Å². The first kappa shape index (κ1) is 21.0. The number of nitrogens with two attached hydrogens (primary N) is 1. The van der Waals surface area contributed by atoms with Gasteiger partial charge in [0.2, 0.25) is 0 Å². The topological polar surface area (TPSA) is 46.3 Å². The summed E-state index contributed by atoms with van der Waals surface area (Å²) >= 11 is 5.33. The molecule has 0 amide bonds. The minimum atomic E-state index is -1.28. The summed E-state index contributed by atoms with van der Waals surface area (Å²) in [5.74, 6) is 0.416. The lowest BCUT2D eigenvalue weighted by atomic mass is 10.1. The molecule has 3 nitrogen and oxygen atoms in total. The molecule has 0 fully saturated rings. The van der Waals surface area contributed by atoms with Gasteiger partial charge >= 0.3 is 0 Å². The lowest BCUT2D eigenvalue weighted by Gasteiger charge is -2.22. The highest BCUT2D eigenvalue weighted by Crippen LogP contribution is 2.26. The van der Waals surface area contributed by atoms with E-state index in [4.69, 9.17) is 18.0 Å². The van der Waals surface area contributed by atoms with Crippen LogP contribution in [0.1, 0.15) is 22.3 Å². The molecule has 0 aliphatic heterocycles. The fraction of sp³-hybridized carbons (Fsp3) is 0.125. The summed E-state index contributed by atoms with van der Waals surface area (Å²) in [5, 5.41) is 0.208. The second kappa shape index (κ2) is 9.63. The molecule has 0 saturated heterocycles. The third kappa shape index (κ3) is 5.62. The Bertz CT molecular complexity index is 1030. The molecule has 5 heteroatoms. The first-order valence-corrected chi connectivity index (χ1v) is 11.0. The van der Waals surface area contributed by atoms with Crippen molar-refractivity contribution in [2.75, 3.05) is 4.90 Å². The molecule has 1 atom stereocenters. The zero-order valence-corrected chi connectivity index (χ0v) is 18.2. The molecular formula is C24H24N2OS2. The van der Waals surface area contributed by atoms with Crippen LogP contribution in [-0.2, 0) is 16.6 Å². The normalized spacial score (nSPS) is 12.4. The largest absolute Gasteiger partial charge is 0.376 e. The molecule has 3 aromatic rings. The maximum absolute atomic E-state index is 13.4. The van der Waals surface area contributed by atoms with Crippen molar-refractivity contribution < 1.29 is 4.21 Å². The van der Waals surface area contributed by atoms with Gasteiger partial charge in [0, 0.05) is 11.9 Å². The molecule has 0 bridgehead atoms. The predicted octanol–water partition coefficient (Wildman–Crippen LogP) is 5.30. The summed E-state index contributed by atoms with van der Waals surface area (Å²) in [4.78, 5) is 2.42. The van der Waals surface area contributed by atoms with Crippen molar-refractivity contribution in [3.05, 3.63) is 107 Å². The van der Waals surface area contributed by atoms with Crippen molar-refractivity contribution in [1.82, 2.24) is 0 Å². The van der Waals surface area contributed by atoms with Crippen LogP contribution in [0.15, 0.2) is 85.1 Å². The Kier molecular flexibility index (Phi) is 6.96. The fourth-order valence-corrected chi connectivity index (χ4v) is 4.57. The monoisotopic (exact) mass is 420 g/mol. The maximum atomic E-state index is 13.4. The summed E-state index contributed by atoms with van der Waals surface area (Å²) < 4.78 is 13.4. The summed E-state index contributed by atoms with van der Waals surface area (Å²) in [5.41, 5.74) is 11.0. The molecule has 3 rings (SSSR count). The van der Waals surface area contributed by atoms with Gasteiger partial charge in [-0.15, -0.1) is 0 Å². The van der Waals surface area contributed by atoms with Gasteiger partial charge < -0.3 is 5.73 Å². The van der Waals surface area contributed by atoms with Crippen LogP contribution in [0.2, 0.25) is 0 Å². The van der Waals surface area contributed by atoms with Crippen LogP contribution in [0, 0.1) is 13.8 Å². The SMILES string of the molecule is Cc1cc(C)cc(N(C=C(c2ccccc2)S(=O)Cc2ccccc2)C(N)=S)c1. The van der Waals surface area contributed by atoms with Gasteiger partial charge in [-0.1, -0.05) is 66.7 Å². The molecule has 29 heavy (non-hydrogen) atoms. The van der Waals surface area contributed by atoms with Gasteiger partial charge in [-0.25, -0.2) is 0 Å². The van der Waals surface area contributed by atoms with E-state index in [0.717, 1.165) is 27.9 Å². The third-order valence-corrected chi connectivity index (χ3v) is 6.04. The Labute approximate surface area is 180 Å². The molecule has 1 unspecified atom stereocenters. The quantitative estimate of drug-likeness (QED) is 0.550. The van der Waals surface area contributed by atoms with Gasteiger partial charge in [-0.2, -0.15) is 0 Å². The zero-order valence-electron chi connectivity index (χ0n) is 16.5. The van der Waals surface area contributed by atoms with Crippen LogP contribution in [0.25, 0.3) is 4.91 Å². The summed E-state index contributed by atoms with van der Waals surface area (Å²) in [6.07, 6.45) is 1.81. The zero-order chi connectivity index (χ0) is 20.8. The third-order valence-electron chi connectivity index (χ3n) is 4.41. The van der Waals surface area contributed by atoms with Crippen molar-refractivity contribution in [2.45, 2.75) is 19.6 Å². The average molecular weight is 421 g/mol. The first-order chi connectivity index (χ1) is 13.9. The van der Waals surface area contributed by atoms with Crippen molar-refractivity contribution in [3.8, 4) is 0 Å². The van der Waals surface area contributed by atoms with Crippen LogP contribution in [0.4, 0.5) is 5.69 Å². The van der Waals surface area contributed by atoms with E-state index in [1.807, 2.05) is 92.8 Å². The Balaban J connectivity index is 2.06. The molecule has 2 N–H and O–H groups in total. The van der Waals surface area contributed by atoms with E-state index in [9.17, 15) is 4.21 Å². The van der Waals surface area contributed by atoms with E-state index < -0.39 is 10.8 Å². The standard InChI is InChI=1S/C24H24N2OS2/c1-18-13-19(2)15-22(14-18)26(24(25)28)16-23(21-11-7-4-8-12-21)29(27)17-20-9-5-3-6-10-20/h3-16H,17H2,1-2H3,(H2,25,28). The Morgan fingerprint density at radius 2 is 1.52 bits per heavy atom. The van der Waals surface area contributed by atoms with Gasteiger partial charge in [-0.3, -0.25) is 9.11 Å². The molecule has 0 heterocycles. The molecule has 0 saturated carbocycles. The van der Waals surface area contributed by atoms with Crippen LogP contribution < -0.4 is 10.6 Å². The Morgan fingerprint density at radius 1 is 0.966 bits per heavy atom. The maximum Gasteiger partial charge on any atom is 0.175 e. The Hall–Kier alpha value is -2.76. The molecular weight excluding hydrogens is 396 g/mol. The second-order valence-electron chi connectivity index (χ2n) is 6.89. The van der Waals surface area contributed by atoms with E-state index in [1.165, 1.54) is 0 Å². The minimum absolute atomic E-state index is 0.208. The van der Waals surface area contributed by atoms with Gasteiger partial charge in [-0.05, 0) is 60.5 Å². The number of anilines is 1. The number of hydrogen-bond donors (Lipinski definition) is 1. The number of nitrogens with zero attached hydrogens (tertiary/aromatic N) is 1. The molecule has 3 aromatic carbocycles. The van der Waals surface area contributed by atoms with Crippen molar-refractivity contribution in [3.63, 3.8) is 0 Å². The van der Waals surface area contributed by atoms with Crippen LogP contribution in [0.5, 0.6) is 0 Å². The smallest absolute Gasteiger partial charge is 0.175 e. The molecule has 0 spiro atoms. The fourth-order valence-electron chi connectivity index (χ4n) is 3.14. The van der Waals surface area contributed by atoms with Crippen LogP contribution in [0.3, 0.4) is 0 Å². The highest BCUT2D eigenvalue weighted by molar-refractivity contribution is 7.93. The van der Waals surface area contributed by atoms with Crippen molar-refractivity contribution >= 4 is 38.7 Å². The minimum Gasteiger partial charge on any atom is -0.376 e. The molecule has 0 radical (unpaired) electrons. The van der Waals surface area contributed by atoms with Gasteiger partial charge in [0.15, 0.2) is 5.11 Å².